The highest BCUT2D eigenvalue weighted by Gasteiger charge is 1.92. The molecule has 0 N–H and O–H groups in total. The van der Waals surface area contributed by atoms with Crippen LogP contribution in [0, 0.1) is 0 Å². The van der Waals surface area contributed by atoms with Crippen molar-refractivity contribution < 1.29 is 9.53 Å². The SMILES string of the molecule is COC(=O)/C=C/C(Br)Br. The van der Waals surface area contributed by atoms with Crippen molar-refractivity contribution in [1.29, 1.82) is 0 Å². The molecule has 0 saturated carbocycles. The van der Waals surface area contributed by atoms with Crippen LogP contribution in [0.15, 0.2) is 12.2 Å². The average molecular weight is 258 g/mol. The zero-order chi connectivity index (χ0) is 7.28. The van der Waals surface area contributed by atoms with Crippen LogP contribution in [0.4, 0.5) is 0 Å². The Labute approximate surface area is 70.5 Å². The first-order valence-electron chi connectivity index (χ1n) is 2.21. The lowest BCUT2D eigenvalue weighted by Crippen LogP contribution is -1.94. The third kappa shape index (κ3) is 6.05. The minimum atomic E-state index is -0.348. The van der Waals surface area contributed by atoms with E-state index in [4.69, 9.17) is 0 Å². The Morgan fingerprint density at radius 2 is 2.22 bits per heavy atom. The topological polar surface area (TPSA) is 26.3 Å². The second-order valence-corrected chi connectivity index (χ2v) is 4.42. The molecule has 9 heavy (non-hydrogen) atoms. The van der Waals surface area contributed by atoms with Gasteiger partial charge in [-0.15, -0.1) is 0 Å². The molecule has 0 aliphatic heterocycles. The van der Waals surface area contributed by atoms with Gasteiger partial charge in [0.2, 0.25) is 0 Å². The number of alkyl halides is 2. The fourth-order valence-electron chi connectivity index (χ4n) is 0.219. The van der Waals surface area contributed by atoms with E-state index in [9.17, 15) is 4.79 Å². The van der Waals surface area contributed by atoms with E-state index in [0.29, 0.717) is 0 Å². The van der Waals surface area contributed by atoms with E-state index in [0.717, 1.165) is 0 Å². The number of ether oxygens (including phenoxy) is 1. The fraction of sp³-hybridized carbons (Fsp3) is 0.400. The van der Waals surface area contributed by atoms with Crippen LogP contribution in [0.5, 0.6) is 0 Å². The van der Waals surface area contributed by atoms with Crippen LogP contribution in [0.2, 0.25) is 0 Å². The molecule has 0 aromatic heterocycles. The van der Waals surface area contributed by atoms with Gasteiger partial charge < -0.3 is 4.74 Å². The van der Waals surface area contributed by atoms with Gasteiger partial charge in [-0.25, -0.2) is 4.79 Å². The van der Waals surface area contributed by atoms with Crippen LogP contribution in [0.1, 0.15) is 0 Å². The Bertz CT molecular complexity index is 120. The molecule has 0 spiro atoms. The molecule has 0 aromatic carbocycles. The van der Waals surface area contributed by atoms with Gasteiger partial charge in [0.15, 0.2) is 0 Å². The lowest BCUT2D eigenvalue weighted by Gasteiger charge is -1.89. The minimum Gasteiger partial charge on any atom is -0.466 e. The third-order valence-corrected chi connectivity index (χ3v) is 1.19. The number of hydrogen-bond donors (Lipinski definition) is 0. The fourth-order valence-corrected chi connectivity index (χ4v) is 0.525. The predicted molar refractivity (Wildman–Crippen MR) is 42.8 cm³/mol. The van der Waals surface area contributed by atoms with Gasteiger partial charge in [0.25, 0.3) is 0 Å². The Hall–Kier alpha value is 0.170. The molecule has 0 aliphatic rings. The van der Waals surface area contributed by atoms with E-state index in [1.165, 1.54) is 13.2 Å². The highest BCUT2D eigenvalue weighted by molar-refractivity contribution is 9.24. The van der Waals surface area contributed by atoms with Crippen molar-refractivity contribution in [2.75, 3.05) is 7.11 Å². The lowest BCUT2D eigenvalue weighted by molar-refractivity contribution is -0.134. The summed E-state index contributed by atoms with van der Waals surface area (Å²) in [6.07, 6.45) is 2.97. The number of carbonyl (C=O) groups excluding carboxylic acids is 1. The van der Waals surface area contributed by atoms with E-state index in [1.807, 2.05) is 0 Å². The van der Waals surface area contributed by atoms with Gasteiger partial charge in [-0.05, 0) is 0 Å². The van der Waals surface area contributed by atoms with Gasteiger partial charge in [0, 0.05) is 6.08 Å². The van der Waals surface area contributed by atoms with Crippen LogP contribution < -0.4 is 0 Å². The van der Waals surface area contributed by atoms with Crippen molar-refractivity contribution in [1.82, 2.24) is 0 Å². The normalized spacial score (nSPS) is 10.7. The molecule has 0 atom stereocenters. The zero-order valence-electron chi connectivity index (χ0n) is 4.80. The molecule has 0 radical (unpaired) electrons. The molecule has 2 nitrogen and oxygen atoms in total. The summed E-state index contributed by atoms with van der Waals surface area (Å²) in [5, 5.41) is 0. The number of halogens is 2. The van der Waals surface area contributed by atoms with Crippen LogP contribution in [0.3, 0.4) is 0 Å². The van der Waals surface area contributed by atoms with Crippen molar-refractivity contribution in [3.63, 3.8) is 0 Å². The number of rotatable bonds is 2. The number of esters is 1. The first kappa shape index (κ1) is 9.17. The summed E-state index contributed by atoms with van der Waals surface area (Å²) in [6.45, 7) is 0. The molecule has 0 heterocycles. The number of allylic oxidation sites excluding steroid dienone is 1. The summed E-state index contributed by atoms with van der Waals surface area (Å²) in [5.41, 5.74) is 0. The van der Waals surface area contributed by atoms with Gasteiger partial charge in [-0.1, -0.05) is 37.9 Å². The third-order valence-electron chi connectivity index (χ3n) is 0.579. The monoisotopic (exact) mass is 256 g/mol. The standard InChI is InChI=1S/C5H6Br2O2/c1-9-5(8)3-2-4(6)7/h2-4H,1H3/b3-2+. The Morgan fingerprint density at radius 3 is 2.56 bits per heavy atom. The van der Waals surface area contributed by atoms with Crippen LogP contribution >= 0.6 is 31.9 Å². The van der Waals surface area contributed by atoms with E-state index in [2.05, 4.69) is 36.6 Å². The summed E-state index contributed by atoms with van der Waals surface area (Å²) < 4.78 is 4.36. The van der Waals surface area contributed by atoms with Crippen LogP contribution in [-0.2, 0) is 9.53 Å². The van der Waals surface area contributed by atoms with E-state index in [-0.39, 0.29) is 9.71 Å². The van der Waals surface area contributed by atoms with Gasteiger partial charge in [0.05, 0.1) is 10.8 Å². The molecule has 0 saturated heterocycles. The maximum atomic E-state index is 10.4. The zero-order valence-corrected chi connectivity index (χ0v) is 7.98. The predicted octanol–water partition coefficient (Wildman–Crippen LogP) is 1.83. The lowest BCUT2D eigenvalue weighted by atomic mass is 10.5. The Kier molecular flexibility index (Phi) is 5.09. The van der Waals surface area contributed by atoms with E-state index < -0.39 is 0 Å². The molecule has 0 rings (SSSR count). The maximum absolute atomic E-state index is 10.4. The van der Waals surface area contributed by atoms with Crippen molar-refractivity contribution in [3.05, 3.63) is 12.2 Å². The summed E-state index contributed by atoms with van der Waals surface area (Å²) >= 11 is 6.31. The summed E-state index contributed by atoms with van der Waals surface area (Å²) in [6, 6.07) is 0. The molecule has 0 aliphatic carbocycles. The number of methoxy groups -OCH3 is 1. The van der Waals surface area contributed by atoms with Crippen molar-refractivity contribution in [2.45, 2.75) is 3.74 Å². The molecule has 0 amide bonds. The Balaban J connectivity index is 3.57. The first-order valence-corrected chi connectivity index (χ1v) is 4.04. The molecule has 0 aromatic rings. The van der Waals surface area contributed by atoms with Gasteiger partial charge in [0.1, 0.15) is 0 Å². The smallest absolute Gasteiger partial charge is 0.330 e. The maximum Gasteiger partial charge on any atom is 0.330 e. The molecular weight excluding hydrogens is 252 g/mol. The molecule has 0 bridgehead atoms. The molecule has 52 valence electrons. The first-order chi connectivity index (χ1) is 4.16. The van der Waals surface area contributed by atoms with Gasteiger partial charge >= 0.3 is 5.97 Å². The van der Waals surface area contributed by atoms with Crippen molar-refractivity contribution in [3.8, 4) is 0 Å². The number of carbonyl (C=O) groups is 1. The van der Waals surface area contributed by atoms with Gasteiger partial charge in [-0.3, -0.25) is 0 Å². The molecule has 4 heteroatoms. The summed E-state index contributed by atoms with van der Waals surface area (Å²) in [7, 11) is 1.34. The van der Waals surface area contributed by atoms with Crippen LogP contribution in [0.25, 0.3) is 0 Å². The van der Waals surface area contributed by atoms with Crippen molar-refractivity contribution >= 4 is 37.8 Å². The molecular formula is C5H6Br2O2. The average Bonchev–Trinajstić information content (AvgIpc) is 1.83. The van der Waals surface area contributed by atoms with E-state index >= 15 is 0 Å². The summed E-state index contributed by atoms with van der Waals surface area (Å²) in [4.78, 5) is 10.4. The van der Waals surface area contributed by atoms with E-state index in [1.54, 1.807) is 6.08 Å². The van der Waals surface area contributed by atoms with Crippen LogP contribution in [-0.4, -0.2) is 16.8 Å². The minimum absolute atomic E-state index is 0.0316. The summed E-state index contributed by atoms with van der Waals surface area (Å²) in [5.74, 6) is -0.348. The highest BCUT2D eigenvalue weighted by Crippen LogP contribution is 2.08. The highest BCUT2D eigenvalue weighted by atomic mass is 79.9. The largest absolute Gasteiger partial charge is 0.466 e. The number of hydrogen-bond acceptors (Lipinski definition) is 2. The molecule has 0 unspecified atom stereocenters. The molecule has 0 fully saturated rings. The van der Waals surface area contributed by atoms with Crippen molar-refractivity contribution in [2.24, 2.45) is 0 Å². The van der Waals surface area contributed by atoms with Gasteiger partial charge in [-0.2, -0.15) is 0 Å². The quantitative estimate of drug-likeness (QED) is 0.429. The Morgan fingerprint density at radius 1 is 1.67 bits per heavy atom. The second-order valence-electron chi connectivity index (χ2n) is 1.22. The second kappa shape index (κ2) is 4.99.